The van der Waals surface area contributed by atoms with Crippen LogP contribution < -0.4 is 0 Å². The summed E-state index contributed by atoms with van der Waals surface area (Å²) in [6, 6.07) is 0.0822. The molecule has 1 aliphatic rings. The number of aliphatic hydroxyl groups is 1. The lowest BCUT2D eigenvalue weighted by atomic mass is 9.90. The van der Waals surface area contributed by atoms with E-state index in [1.54, 1.807) is 6.92 Å². The molecular formula is C12H23NO3S. The Kier molecular flexibility index (Phi) is 5.16. The van der Waals surface area contributed by atoms with E-state index in [4.69, 9.17) is 0 Å². The van der Waals surface area contributed by atoms with E-state index in [0.29, 0.717) is 12.5 Å². The molecule has 1 N–H and O–H groups in total. The third-order valence-electron chi connectivity index (χ3n) is 3.50. The van der Waals surface area contributed by atoms with E-state index in [1.165, 1.54) is 0 Å². The molecule has 100 valence electrons. The number of nitrogens with zero attached hydrogens (tertiary/aromatic N) is 1. The molecule has 4 nitrogen and oxygen atoms in total. The monoisotopic (exact) mass is 261 g/mol. The standard InChI is InChI=1S/C12H23NO3S/c1-4-17(15,16)8-7-13-6-5-10(2)9-12(13)11(3)14/h4,10-12,14H,1,5-9H2,2-3H3. The fraction of sp³-hybridized carbons (Fsp3) is 0.833. The van der Waals surface area contributed by atoms with Gasteiger partial charge in [0, 0.05) is 18.0 Å². The van der Waals surface area contributed by atoms with Gasteiger partial charge in [-0.15, -0.1) is 0 Å². The van der Waals surface area contributed by atoms with Crippen LogP contribution in [0.3, 0.4) is 0 Å². The first-order chi connectivity index (χ1) is 7.85. The molecule has 0 aromatic rings. The Hall–Kier alpha value is -0.390. The number of likely N-dealkylation sites (tertiary alicyclic amines) is 1. The van der Waals surface area contributed by atoms with Crippen LogP contribution in [0.5, 0.6) is 0 Å². The fourth-order valence-electron chi connectivity index (χ4n) is 2.34. The molecule has 0 amide bonds. The maximum atomic E-state index is 11.4. The summed E-state index contributed by atoms with van der Waals surface area (Å²) in [6.45, 7) is 8.60. The molecular weight excluding hydrogens is 238 g/mol. The number of sulfone groups is 1. The Morgan fingerprint density at radius 3 is 2.76 bits per heavy atom. The minimum absolute atomic E-state index is 0.0822. The second-order valence-electron chi connectivity index (χ2n) is 5.01. The van der Waals surface area contributed by atoms with Gasteiger partial charge in [0.05, 0.1) is 11.9 Å². The van der Waals surface area contributed by atoms with Gasteiger partial charge in [-0.2, -0.15) is 0 Å². The summed E-state index contributed by atoms with van der Waals surface area (Å²) in [5, 5.41) is 10.8. The van der Waals surface area contributed by atoms with E-state index in [1.807, 2.05) is 0 Å². The van der Waals surface area contributed by atoms with Crippen LogP contribution in [0.25, 0.3) is 0 Å². The van der Waals surface area contributed by atoms with Crippen molar-refractivity contribution >= 4 is 9.84 Å². The summed E-state index contributed by atoms with van der Waals surface area (Å²) in [7, 11) is -3.14. The van der Waals surface area contributed by atoms with Gasteiger partial charge in [0.2, 0.25) is 0 Å². The minimum Gasteiger partial charge on any atom is -0.392 e. The first-order valence-corrected chi connectivity index (χ1v) is 7.84. The molecule has 3 unspecified atom stereocenters. The molecule has 0 radical (unpaired) electrons. The zero-order valence-corrected chi connectivity index (χ0v) is 11.5. The van der Waals surface area contributed by atoms with Crippen molar-refractivity contribution in [3.05, 3.63) is 12.0 Å². The predicted octanol–water partition coefficient (Wildman–Crippen LogP) is 1.03. The molecule has 1 rings (SSSR count). The van der Waals surface area contributed by atoms with Crippen LogP contribution in [0.1, 0.15) is 26.7 Å². The minimum atomic E-state index is -3.14. The van der Waals surface area contributed by atoms with E-state index in [0.717, 1.165) is 24.8 Å². The predicted molar refractivity (Wildman–Crippen MR) is 69.4 cm³/mol. The summed E-state index contributed by atoms with van der Waals surface area (Å²) in [4.78, 5) is 2.09. The van der Waals surface area contributed by atoms with E-state index in [9.17, 15) is 13.5 Å². The van der Waals surface area contributed by atoms with Crippen molar-refractivity contribution in [1.82, 2.24) is 4.90 Å². The van der Waals surface area contributed by atoms with Crippen LogP contribution in [0.15, 0.2) is 12.0 Å². The third kappa shape index (κ3) is 4.41. The van der Waals surface area contributed by atoms with Crippen molar-refractivity contribution < 1.29 is 13.5 Å². The number of piperidine rings is 1. The summed E-state index contributed by atoms with van der Waals surface area (Å²) >= 11 is 0. The molecule has 17 heavy (non-hydrogen) atoms. The van der Waals surface area contributed by atoms with E-state index < -0.39 is 15.9 Å². The first kappa shape index (κ1) is 14.7. The van der Waals surface area contributed by atoms with Crippen LogP contribution in [-0.4, -0.2) is 49.4 Å². The molecule has 3 atom stereocenters. The van der Waals surface area contributed by atoms with Gasteiger partial charge in [0.1, 0.15) is 0 Å². The molecule has 0 aromatic heterocycles. The number of hydrogen-bond donors (Lipinski definition) is 1. The van der Waals surface area contributed by atoms with Gasteiger partial charge in [-0.3, -0.25) is 4.90 Å². The van der Waals surface area contributed by atoms with Crippen LogP contribution in [0.4, 0.5) is 0 Å². The average molecular weight is 261 g/mol. The average Bonchev–Trinajstić information content (AvgIpc) is 2.27. The second-order valence-corrected chi connectivity index (χ2v) is 7.07. The van der Waals surface area contributed by atoms with Crippen molar-refractivity contribution in [1.29, 1.82) is 0 Å². The van der Waals surface area contributed by atoms with Gasteiger partial charge in [-0.1, -0.05) is 13.5 Å². The molecule has 1 saturated heterocycles. The topological polar surface area (TPSA) is 57.6 Å². The van der Waals surface area contributed by atoms with E-state index in [2.05, 4.69) is 18.4 Å². The van der Waals surface area contributed by atoms with Crippen molar-refractivity contribution in [2.75, 3.05) is 18.8 Å². The molecule has 0 aliphatic carbocycles. The van der Waals surface area contributed by atoms with Crippen molar-refractivity contribution in [2.24, 2.45) is 5.92 Å². The second kappa shape index (κ2) is 5.98. The maximum Gasteiger partial charge on any atom is 0.172 e. The number of hydrogen-bond acceptors (Lipinski definition) is 4. The van der Waals surface area contributed by atoms with Crippen molar-refractivity contribution in [3.8, 4) is 0 Å². The highest BCUT2D eigenvalue weighted by Gasteiger charge is 2.29. The highest BCUT2D eigenvalue weighted by atomic mass is 32.2. The van der Waals surface area contributed by atoms with Gasteiger partial charge in [0.25, 0.3) is 0 Å². The Morgan fingerprint density at radius 1 is 1.59 bits per heavy atom. The van der Waals surface area contributed by atoms with Crippen LogP contribution in [0, 0.1) is 5.92 Å². The number of rotatable bonds is 5. The summed E-state index contributed by atoms with van der Waals surface area (Å²) in [5.74, 6) is 0.690. The molecule has 0 bridgehead atoms. The molecule has 0 aromatic carbocycles. The van der Waals surface area contributed by atoms with Gasteiger partial charge >= 0.3 is 0 Å². The van der Waals surface area contributed by atoms with E-state index >= 15 is 0 Å². The molecule has 0 spiro atoms. The summed E-state index contributed by atoms with van der Waals surface area (Å²) < 4.78 is 22.8. The van der Waals surface area contributed by atoms with Crippen LogP contribution in [0.2, 0.25) is 0 Å². The lowest BCUT2D eigenvalue weighted by Gasteiger charge is -2.40. The van der Waals surface area contributed by atoms with Crippen molar-refractivity contribution in [3.63, 3.8) is 0 Å². The summed E-state index contributed by atoms with van der Waals surface area (Å²) in [6.07, 6.45) is 1.59. The van der Waals surface area contributed by atoms with Gasteiger partial charge < -0.3 is 5.11 Å². The van der Waals surface area contributed by atoms with Gasteiger partial charge in [-0.25, -0.2) is 8.42 Å². The van der Waals surface area contributed by atoms with Crippen LogP contribution in [-0.2, 0) is 9.84 Å². The SMILES string of the molecule is C=CS(=O)(=O)CCN1CCC(C)CC1C(C)O. The molecule has 1 fully saturated rings. The smallest absolute Gasteiger partial charge is 0.172 e. The third-order valence-corrected chi connectivity index (χ3v) is 4.76. The summed E-state index contributed by atoms with van der Waals surface area (Å²) in [5.41, 5.74) is 0. The quantitative estimate of drug-likeness (QED) is 0.803. The molecule has 1 aliphatic heterocycles. The van der Waals surface area contributed by atoms with Gasteiger partial charge in [0.15, 0.2) is 9.84 Å². The lowest BCUT2D eigenvalue weighted by Crippen LogP contribution is -2.49. The molecule has 5 heteroatoms. The zero-order chi connectivity index (χ0) is 13.1. The Labute approximate surface area is 104 Å². The highest BCUT2D eigenvalue weighted by molar-refractivity contribution is 7.94. The maximum absolute atomic E-state index is 11.4. The molecule has 1 heterocycles. The Morgan fingerprint density at radius 2 is 2.24 bits per heavy atom. The van der Waals surface area contributed by atoms with Crippen molar-refractivity contribution in [2.45, 2.75) is 38.8 Å². The van der Waals surface area contributed by atoms with Crippen LogP contribution >= 0.6 is 0 Å². The Bertz CT molecular complexity index is 351. The highest BCUT2D eigenvalue weighted by Crippen LogP contribution is 2.24. The molecule has 0 saturated carbocycles. The normalized spacial score (nSPS) is 28.9. The Balaban J connectivity index is 2.59. The van der Waals surface area contributed by atoms with Gasteiger partial charge in [-0.05, 0) is 32.2 Å². The fourth-order valence-corrected chi connectivity index (χ4v) is 2.99. The largest absolute Gasteiger partial charge is 0.392 e. The first-order valence-electron chi connectivity index (χ1n) is 6.13. The zero-order valence-electron chi connectivity index (χ0n) is 10.7. The number of aliphatic hydroxyl groups excluding tert-OH is 1. The lowest BCUT2D eigenvalue weighted by molar-refractivity contribution is 0.0248. The van der Waals surface area contributed by atoms with E-state index in [-0.39, 0.29) is 11.8 Å².